The fraction of sp³-hybridized carbons (Fsp3) is 0.444. The molecule has 1 aromatic carbocycles. The number of carbonyl (C=O) groups excluding carboxylic acids is 1. The number of amides is 1. The molecule has 3 N–H and O–H groups in total. The topological polar surface area (TPSA) is 77.2 Å². The monoisotopic (exact) mass is 387 g/mol. The van der Waals surface area contributed by atoms with Crippen LogP contribution in [0, 0.1) is 5.92 Å². The minimum atomic E-state index is -0.432. The van der Waals surface area contributed by atoms with Gasteiger partial charge in [0.25, 0.3) is 0 Å². The Morgan fingerprint density at radius 3 is 2.68 bits per heavy atom. The Hall–Kier alpha value is -1.56. The van der Waals surface area contributed by atoms with E-state index in [1.165, 1.54) is 0 Å². The third-order valence-electron chi connectivity index (χ3n) is 3.54. The summed E-state index contributed by atoms with van der Waals surface area (Å²) < 4.78 is 5.78. The number of aromatic nitrogens is 1. The summed E-state index contributed by atoms with van der Waals surface area (Å²) >= 11 is 0. The van der Waals surface area contributed by atoms with Crippen molar-refractivity contribution in [1.29, 1.82) is 0 Å². The van der Waals surface area contributed by atoms with E-state index in [2.05, 4.69) is 24.1 Å². The number of rotatable bonds is 8. The van der Waals surface area contributed by atoms with Crippen molar-refractivity contribution in [2.75, 3.05) is 13.2 Å². The van der Waals surface area contributed by atoms with Crippen LogP contribution >= 0.6 is 24.8 Å². The molecule has 0 saturated carbocycles. The number of pyridine rings is 1. The van der Waals surface area contributed by atoms with Crippen LogP contribution in [0.2, 0.25) is 0 Å². The lowest BCUT2D eigenvalue weighted by Crippen LogP contribution is -2.41. The first-order valence-corrected chi connectivity index (χ1v) is 8.07. The summed E-state index contributed by atoms with van der Waals surface area (Å²) in [5, 5.41) is 3.91. The first kappa shape index (κ1) is 23.4. The second-order valence-corrected chi connectivity index (χ2v) is 6.06. The van der Waals surface area contributed by atoms with Crippen LogP contribution < -0.4 is 15.8 Å². The van der Waals surface area contributed by atoms with Crippen molar-refractivity contribution in [3.05, 3.63) is 36.5 Å². The van der Waals surface area contributed by atoms with Gasteiger partial charge in [-0.3, -0.25) is 9.78 Å². The number of ether oxygens (including phenoxy) is 1. The first-order chi connectivity index (χ1) is 11.1. The molecule has 1 heterocycles. The van der Waals surface area contributed by atoms with Gasteiger partial charge in [0.05, 0.1) is 12.6 Å². The first-order valence-electron chi connectivity index (χ1n) is 8.07. The molecule has 140 valence electrons. The Morgan fingerprint density at radius 2 is 1.96 bits per heavy atom. The summed E-state index contributed by atoms with van der Waals surface area (Å²) in [5.74, 6) is 1.09. The van der Waals surface area contributed by atoms with Crippen molar-refractivity contribution in [3.63, 3.8) is 0 Å². The summed E-state index contributed by atoms with van der Waals surface area (Å²) in [6.45, 7) is 5.19. The molecule has 5 nitrogen and oxygen atoms in total. The molecule has 0 aliphatic rings. The largest absolute Gasteiger partial charge is 0.491 e. The zero-order chi connectivity index (χ0) is 16.7. The van der Waals surface area contributed by atoms with Gasteiger partial charge in [-0.25, -0.2) is 0 Å². The number of nitrogens with zero attached hydrogens (tertiary/aromatic N) is 1. The molecule has 1 aromatic heterocycles. The van der Waals surface area contributed by atoms with Gasteiger partial charge in [-0.1, -0.05) is 32.0 Å². The van der Waals surface area contributed by atoms with Gasteiger partial charge >= 0.3 is 0 Å². The molecule has 0 radical (unpaired) electrons. The standard InChI is InChI=1S/C18H25N3O2.2ClH/c1-13(2)12-15(19)18(22)21-10-5-11-23-16-8-3-6-14-7-4-9-20-17(14)16;;/h3-4,6-9,13,15H,5,10-12,19H2,1-2H3,(H,21,22);2*1H/t15-;;/m0../s1. The van der Waals surface area contributed by atoms with E-state index in [0.29, 0.717) is 25.5 Å². The minimum Gasteiger partial charge on any atom is -0.491 e. The molecule has 0 aliphatic carbocycles. The fourth-order valence-corrected chi connectivity index (χ4v) is 2.40. The van der Waals surface area contributed by atoms with Crippen molar-refractivity contribution < 1.29 is 9.53 Å². The number of fused-ring (bicyclic) bond motifs is 1. The highest BCUT2D eigenvalue weighted by Gasteiger charge is 2.13. The number of hydrogen-bond acceptors (Lipinski definition) is 4. The normalized spacial score (nSPS) is 11.4. The van der Waals surface area contributed by atoms with Crippen LogP contribution in [0.25, 0.3) is 10.9 Å². The van der Waals surface area contributed by atoms with E-state index in [1.54, 1.807) is 6.20 Å². The predicted octanol–water partition coefficient (Wildman–Crippen LogP) is 3.34. The molecule has 0 spiro atoms. The van der Waals surface area contributed by atoms with Crippen LogP contribution in [0.3, 0.4) is 0 Å². The smallest absolute Gasteiger partial charge is 0.236 e. The molecule has 2 aromatic rings. The van der Waals surface area contributed by atoms with Crippen LogP contribution in [0.1, 0.15) is 26.7 Å². The van der Waals surface area contributed by atoms with Gasteiger partial charge in [0, 0.05) is 18.1 Å². The zero-order valence-electron chi connectivity index (χ0n) is 14.6. The molecular formula is C18H27Cl2N3O2. The number of nitrogens with two attached hydrogens (primary N) is 1. The third-order valence-corrected chi connectivity index (χ3v) is 3.54. The van der Waals surface area contributed by atoms with Crippen molar-refractivity contribution in [3.8, 4) is 5.75 Å². The Morgan fingerprint density at radius 1 is 1.24 bits per heavy atom. The van der Waals surface area contributed by atoms with Crippen LogP contribution in [-0.4, -0.2) is 30.1 Å². The van der Waals surface area contributed by atoms with Crippen LogP contribution in [-0.2, 0) is 4.79 Å². The summed E-state index contributed by atoms with van der Waals surface area (Å²) in [4.78, 5) is 16.1. The van der Waals surface area contributed by atoms with E-state index >= 15 is 0 Å². The lowest BCUT2D eigenvalue weighted by Gasteiger charge is -2.14. The Kier molecular flexibility index (Phi) is 11.2. The van der Waals surface area contributed by atoms with Crippen molar-refractivity contribution in [2.24, 2.45) is 11.7 Å². The van der Waals surface area contributed by atoms with Crippen molar-refractivity contribution in [1.82, 2.24) is 10.3 Å². The highest BCUT2D eigenvalue weighted by Crippen LogP contribution is 2.22. The average molecular weight is 388 g/mol. The molecule has 7 heteroatoms. The number of para-hydroxylation sites is 1. The predicted molar refractivity (Wildman–Crippen MR) is 107 cm³/mol. The highest BCUT2D eigenvalue weighted by molar-refractivity contribution is 5.86. The summed E-state index contributed by atoms with van der Waals surface area (Å²) in [6, 6.07) is 9.34. The van der Waals surface area contributed by atoms with Crippen LogP contribution in [0.4, 0.5) is 0 Å². The lowest BCUT2D eigenvalue weighted by molar-refractivity contribution is -0.122. The summed E-state index contributed by atoms with van der Waals surface area (Å²) in [5.41, 5.74) is 6.69. The molecule has 0 fully saturated rings. The molecule has 2 rings (SSSR count). The second kappa shape index (κ2) is 11.9. The molecular weight excluding hydrogens is 361 g/mol. The average Bonchev–Trinajstić information content (AvgIpc) is 2.53. The van der Waals surface area contributed by atoms with Crippen molar-refractivity contribution >= 4 is 41.6 Å². The van der Waals surface area contributed by atoms with Gasteiger partial charge < -0.3 is 15.8 Å². The van der Waals surface area contributed by atoms with Crippen LogP contribution in [0.15, 0.2) is 36.5 Å². The quantitative estimate of drug-likeness (QED) is 0.680. The number of nitrogens with one attached hydrogen (secondary N) is 1. The Bertz CT molecular complexity index is 648. The van der Waals surface area contributed by atoms with E-state index in [9.17, 15) is 4.79 Å². The number of carbonyl (C=O) groups is 1. The van der Waals surface area contributed by atoms with Gasteiger partial charge in [-0.15, -0.1) is 24.8 Å². The zero-order valence-corrected chi connectivity index (χ0v) is 16.2. The van der Waals surface area contributed by atoms with Gasteiger partial charge in [-0.05, 0) is 30.9 Å². The molecule has 0 bridgehead atoms. The van der Waals surface area contributed by atoms with E-state index in [0.717, 1.165) is 23.1 Å². The van der Waals surface area contributed by atoms with E-state index in [1.807, 2.05) is 30.3 Å². The molecule has 0 aliphatic heterocycles. The minimum absolute atomic E-state index is 0. The fourth-order valence-electron chi connectivity index (χ4n) is 2.40. The maximum absolute atomic E-state index is 11.8. The number of halogens is 2. The lowest BCUT2D eigenvalue weighted by atomic mass is 10.0. The summed E-state index contributed by atoms with van der Waals surface area (Å²) in [6.07, 6.45) is 3.18. The van der Waals surface area contributed by atoms with Crippen molar-refractivity contribution in [2.45, 2.75) is 32.7 Å². The van der Waals surface area contributed by atoms with E-state index < -0.39 is 6.04 Å². The van der Waals surface area contributed by atoms with Crippen LogP contribution in [0.5, 0.6) is 5.75 Å². The van der Waals surface area contributed by atoms with E-state index in [4.69, 9.17) is 10.5 Å². The maximum atomic E-state index is 11.8. The highest BCUT2D eigenvalue weighted by atomic mass is 35.5. The third kappa shape index (κ3) is 7.46. The molecule has 25 heavy (non-hydrogen) atoms. The second-order valence-electron chi connectivity index (χ2n) is 6.06. The number of benzene rings is 1. The Balaban J connectivity index is 0.00000288. The summed E-state index contributed by atoms with van der Waals surface area (Å²) in [7, 11) is 0. The molecule has 1 amide bonds. The van der Waals surface area contributed by atoms with Gasteiger partial charge in [0.1, 0.15) is 11.3 Å². The number of hydrogen-bond donors (Lipinski definition) is 2. The van der Waals surface area contributed by atoms with E-state index in [-0.39, 0.29) is 30.7 Å². The maximum Gasteiger partial charge on any atom is 0.236 e. The molecule has 0 unspecified atom stereocenters. The van der Waals surface area contributed by atoms with Gasteiger partial charge in [0.2, 0.25) is 5.91 Å². The SMILES string of the molecule is CC(C)C[C@H](N)C(=O)NCCCOc1cccc2cccnc12.Cl.Cl. The molecule has 0 saturated heterocycles. The molecule has 1 atom stereocenters. The Labute approximate surface area is 161 Å². The van der Waals surface area contributed by atoms with Gasteiger partial charge in [0.15, 0.2) is 0 Å². The van der Waals surface area contributed by atoms with Gasteiger partial charge in [-0.2, -0.15) is 0 Å².